The fourth-order valence-electron chi connectivity index (χ4n) is 1.37. The van der Waals surface area contributed by atoms with E-state index >= 15 is 0 Å². The Morgan fingerprint density at radius 3 is 2.75 bits per heavy atom. The van der Waals surface area contributed by atoms with Crippen LogP contribution in [0.5, 0.6) is 0 Å². The molecule has 0 saturated carbocycles. The molecule has 4 nitrogen and oxygen atoms in total. The lowest BCUT2D eigenvalue weighted by Crippen LogP contribution is -2.30. The third-order valence-corrected chi connectivity index (χ3v) is 2.22. The van der Waals surface area contributed by atoms with E-state index in [4.69, 9.17) is 5.26 Å². The lowest BCUT2D eigenvalue weighted by molar-refractivity contribution is 0.0181. The van der Waals surface area contributed by atoms with Crippen LogP contribution in [0.25, 0.3) is 0 Å². The molecule has 0 fully saturated rings. The Hall–Kier alpha value is -1.48. The van der Waals surface area contributed by atoms with Crippen molar-refractivity contribution in [3.05, 3.63) is 35.1 Å². The van der Waals surface area contributed by atoms with Crippen molar-refractivity contribution in [3.8, 4) is 6.07 Å². The Morgan fingerprint density at radius 1 is 1.50 bits per heavy atom. The van der Waals surface area contributed by atoms with Gasteiger partial charge in [0.05, 0.1) is 17.7 Å². The van der Waals surface area contributed by atoms with Gasteiger partial charge >= 0.3 is 0 Å². The molecule has 5 heteroatoms. The van der Waals surface area contributed by atoms with E-state index in [9.17, 15) is 14.6 Å². The Morgan fingerprint density at radius 2 is 2.19 bits per heavy atom. The van der Waals surface area contributed by atoms with E-state index in [1.807, 2.05) is 6.07 Å². The van der Waals surface area contributed by atoms with Gasteiger partial charge in [-0.3, -0.25) is 0 Å². The summed E-state index contributed by atoms with van der Waals surface area (Å²) < 4.78 is 13.4. The summed E-state index contributed by atoms with van der Waals surface area (Å²) in [4.78, 5) is 0. The molecular weight excluding hydrogens is 211 g/mol. The van der Waals surface area contributed by atoms with Gasteiger partial charge in [0.15, 0.2) is 0 Å². The van der Waals surface area contributed by atoms with Gasteiger partial charge in [0.1, 0.15) is 11.9 Å². The van der Waals surface area contributed by atoms with E-state index in [-0.39, 0.29) is 17.7 Å². The van der Waals surface area contributed by atoms with Crippen molar-refractivity contribution in [1.29, 1.82) is 5.26 Å². The normalized spacial score (nSPS) is 14.2. The average molecular weight is 224 g/mol. The maximum absolute atomic E-state index is 13.4. The van der Waals surface area contributed by atoms with Gasteiger partial charge in [-0.2, -0.15) is 5.26 Å². The number of aliphatic hydroxyl groups excluding tert-OH is 2. The molecule has 0 bridgehead atoms. The molecule has 0 aliphatic rings. The zero-order chi connectivity index (χ0) is 12.1. The minimum Gasteiger partial charge on any atom is -0.389 e. The first kappa shape index (κ1) is 12.6. The zero-order valence-corrected chi connectivity index (χ0v) is 8.81. The molecule has 2 atom stereocenters. The highest BCUT2D eigenvalue weighted by atomic mass is 19.1. The number of likely N-dealkylation sites (N-methyl/N-ethyl adjacent to an activating group) is 1. The van der Waals surface area contributed by atoms with Crippen molar-refractivity contribution in [2.45, 2.75) is 12.2 Å². The summed E-state index contributed by atoms with van der Waals surface area (Å²) in [5.41, 5.74) is 0.175. The average Bonchev–Trinajstić information content (AvgIpc) is 2.29. The Bertz CT molecular complexity index is 403. The number of nitrogens with zero attached hydrogens (tertiary/aromatic N) is 1. The van der Waals surface area contributed by atoms with Gasteiger partial charge < -0.3 is 15.5 Å². The molecule has 0 spiro atoms. The van der Waals surface area contributed by atoms with E-state index in [1.54, 1.807) is 7.05 Å². The molecule has 0 aliphatic heterocycles. The van der Waals surface area contributed by atoms with Crippen molar-refractivity contribution in [3.63, 3.8) is 0 Å². The molecule has 1 aromatic rings. The van der Waals surface area contributed by atoms with E-state index in [0.717, 1.165) is 6.07 Å². The first-order chi connectivity index (χ1) is 7.60. The lowest BCUT2D eigenvalue weighted by Gasteiger charge is -2.18. The number of nitriles is 1. The highest BCUT2D eigenvalue weighted by Crippen LogP contribution is 2.21. The highest BCUT2D eigenvalue weighted by molar-refractivity contribution is 5.35. The third-order valence-electron chi connectivity index (χ3n) is 2.22. The quantitative estimate of drug-likeness (QED) is 0.688. The molecule has 0 aliphatic carbocycles. The van der Waals surface area contributed by atoms with Crippen LogP contribution in [0.3, 0.4) is 0 Å². The van der Waals surface area contributed by atoms with Gasteiger partial charge in [-0.05, 0) is 25.2 Å². The summed E-state index contributed by atoms with van der Waals surface area (Å²) in [6.45, 7) is 0.136. The van der Waals surface area contributed by atoms with Crippen molar-refractivity contribution in [2.75, 3.05) is 13.6 Å². The smallest absolute Gasteiger partial charge is 0.129 e. The van der Waals surface area contributed by atoms with Crippen LogP contribution in [0, 0.1) is 17.1 Å². The SMILES string of the molecule is CNCC(O)C(O)c1cc(C#N)ccc1F. The van der Waals surface area contributed by atoms with Gasteiger partial charge in [-0.1, -0.05) is 0 Å². The molecular formula is C11H13FN2O2. The predicted octanol–water partition coefficient (Wildman–Crippen LogP) is 0.311. The van der Waals surface area contributed by atoms with Crippen LogP contribution in [-0.2, 0) is 0 Å². The number of aliphatic hydroxyl groups is 2. The molecule has 0 amide bonds. The Balaban J connectivity index is 2.98. The van der Waals surface area contributed by atoms with Gasteiger partial charge in [0.25, 0.3) is 0 Å². The van der Waals surface area contributed by atoms with E-state index in [2.05, 4.69) is 5.32 Å². The predicted molar refractivity (Wildman–Crippen MR) is 56.0 cm³/mol. The summed E-state index contributed by atoms with van der Waals surface area (Å²) >= 11 is 0. The van der Waals surface area contributed by atoms with Crippen LogP contribution in [-0.4, -0.2) is 29.9 Å². The van der Waals surface area contributed by atoms with Crippen LogP contribution in [0.4, 0.5) is 4.39 Å². The molecule has 0 aromatic heterocycles. The van der Waals surface area contributed by atoms with E-state index in [0.29, 0.717) is 0 Å². The minimum absolute atomic E-state index is 0.0678. The number of hydrogen-bond acceptors (Lipinski definition) is 4. The van der Waals surface area contributed by atoms with Gasteiger partial charge in [-0.15, -0.1) is 0 Å². The van der Waals surface area contributed by atoms with Gasteiger partial charge in [0, 0.05) is 12.1 Å². The second-order valence-electron chi connectivity index (χ2n) is 3.42. The molecule has 16 heavy (non-hydrogen) atoms. The fourth-order valence-corrected chi connectivity index (χ4v) is 1.37. The monoisotopic (exact) mass is 224 g/mol. The second kappa shape index (κ2) is 5.56. The molecule has 1 aromatic carbocycles. The summed E-state index contributed by atoms with van der Waals surface area (Å²) in [6.07, 6.45) is -2.46. The second-order valence-corrected chi connectivity index (χ2v) is 3.42. The van der Waals surface area contributed by atoms with Crippen molar-refractivity contribution in [2.24, 2.45) is 0 Å². The first-order valence-corrected chi connectivity index (χ1v) is 4.80. The van der Waals surface area contributed by atoms with Crippen LogP contribution in [0.2, 0.25) is 0 Å². The molecule has 0 radical (unpaired) electrons. The molecule has 3 N–H and O–H groups in total. The number of nitrogens with one attached hydrogen (secondary N) is 1. The first-order valence-electron chi connectivity index (χ1n) is 4.80. The number of hydrogen-bond donors (Lipinski definition) is 3. The summed E-state index contributed by atoms with van der Waals surface area (Å²) in [6, 6.07) is 5.50. The summed E-state index contributed by atoms with van der Waals surface area (Å²) in [5.74, 6) is -0.637. The maximum Gasteiger partial charge on any atom is 0.129 e. The number of benzene rings is 1. The molecule has 0 heterocycles. The summed E-state index contributed by atoms with van der Waals surface area (Å²) in [5, 5.41) is 30.5. The van der Waals surface area contributed by atoms with Crippen LogP contribution >= 0.6 is 0 Å². The fraction of sp³-hybridized carbons (Fsp3) is 0.364. The number of halogens is 1. The standard InChI is InChI=1S/C11H13FN2O2/c1-14-6-10(15)11(16)8-4-7(5-13)2-3-9(8)12/h2-4,10-11,14-16H,6H2,1H3. The topological polar surface area (TPSA) is 76.3 Å². The lowest BCUT2D eigenvalue weighted by atomic mass is 10.0. The van der Waals surface area contributed by atoms with Gasteiger partial charge in [0.2, 0.25) is 0 Å². The maximum atomic E-state index is 13.4. The molecule has 0 saturated heterocycles. The minimum atomic E-state index is -1.35. The Labute approximate surface area is 93.0 Å². The third kappa shape index (κ3) is 2.76. The van der Waals surface area contributed by atoms with Crippen LogP contribution in [0.15, 0.2) is 18.2 Å². The zero-order valence-electron chi connectivity index (χ0n) is 8.81. The summed E-state index contributed by atoms with van der Waals surface area (Å²) in [7, 11) is 1.61. The molecule has 1 rings (SSSR count). The molecule has 86 valence electrons. The number of rotatable bonds is 4. The van der Waals surface area contributed by atoms with Crippen LogP contribution in [0.1, 0.15) is 17.2 Å². The highest BCUT2D eigenvalue weighted by Gasteiger charge is 2.21. The van der Waals surface area contributed by atoms with Crippen molar-refractivity contribution >= 4 is 0 Å². The van der Waals surface area contributed by atoms with Crippen molar-refractivity contribution < 1.29 is 14.6 Å². The Kier molecular flexibility index (Phi) is 4.38. The van der Waals surface area contributed by atoms with Crippen molar-refractivity contribution in [1.82, 2.24) is 5.32 Å². The van der Waals surface area contributed by atoms with Crippen LogP contribution < -0.4 is 5.32 Å². The molecule has 2 unspecified atom stereocenters. The largest absolute Gasteiger partial charge is 0.389 e. The van der Waals surface area contributed by atoms with Gasteiger partial charge in [-0.25, -0.2) is 4.39 Å². The van der Waals surface area contributed by atoms with E-state index in [1.165, 1.54) is 12.1 Å². The van der Waals surface area contributed by atoms with E-state index < -0.39 is 18.0 Å².